The first-order valence-corrected chi connectivity index (χ1v) is 14.4. The smallest absolute Gasteiger partial charge is 0.343 e. The first kappa shape index (κ1) is 24.8. The van der Waals surface area contributed by atoms with Crippen LogP contribution in [0.4, 0.5) is 0 Å². The number of hydrogen-bond donors (Lipinski definition) is 0. The van der Waals surface area contributed by atoms with Crippen LogP contribution in [0.5, 0.6) is 0 Å². The highest BCUT2D eigenvalue weighted by Gasteiger charge is 2.38. The van der Waals surface area contributed by atoms with Gasteiger partial charge < -0.3 is 4.74 Å². The lowest BCUT2D eigenvalue weighted by Gasteiger charge is -2.31. The molecule has 0 aliphatic carbocycles. The lowest BCUT2D eigenvalue weighted by Crippen LogP contribution is -2.38. The van der Waals surface area contributed by atoms with Gasteiger partial charge in [-0.25, -0.2) is 4.79 Å². The van der Waals surface area contributed by atoms with Crippen molar-refractivity contribution in [1.82, 2.24) is 0 Å². The third-order valence-electron chi connectivity index (χ3n) is 5.80. The van der Waals surface area contributed by atoms with Gasteiger partial charge in [0.05, 0.1) is 6.61 Å². The molecular formula is C30H27O3PS. The van der Waals surface area contributed by atoms with Crippen LogP contribution in [0.15, 0.2) is 120 Å². The minimum atomic E-state index is -2.92. The second kappa shape index (κ2) is 11.4. The van der Waals surface area contributed by atoms with E-state index >= 15 is 0 Å². The lowest BCUT2D eigenvalue weighted by molar-refractivity contribution is -0.134. The van der Waals surface area contributed by atoms with E-state index in [1.165, 1.54) is 11.8 Å². The van der Waals surface area contributed by atoms with E-state index in [1.807, 2.05) is 115 Å². The Hall–Kier alpha value is -3.33. The molecule has 0 N–H and O–H groups in total. The minimum absolute atomic E-state index is 0.179. The summed E-state index contributed by atoms with van der Waals surface area (Å²) in [6.07, 6.45) is 1.93. The van der Waals surface area contributed by atoms with Gasteiger partial charge in [0.1, 0.15) is 5.29 Å². The fraction of sp³-hybridized carbons (Fsp3) is 0.100. The van der Waals surface area contributed by atoms with Crippen LogP contribution in [0, 0.1) is 0 Å². The largest absolute Gasteiger partial charge is 0.462 e. The van der Waals surface area contributed by atoms with Gasteiger partial charge in [-0.15, -0.1) is 11.8 Å². The zero-order valence-corrected chi connectivity index (χ0v) is 21.5. The Morgan fingerprint density at radius 2 is 1.11 bits per heavy atom. The normalized spacial score (nSPS) is 11.0. The van der Waals surface area contributed by atoms with Crippen molar-refractivity contribution in [3.8, 4) is 0 Å². The zero-order valence-electron chi connectivity index (χ0n) is 19.8. The summed E-state index contributed by atoms with van der Waals surface area (Å²) in [5.74, 6) is -0.864. The average Bonchev–Trinajstić information content (AvgIpc) is 2.93. The number of esters is 1. The number of hydrogen-bond acceptors (Lipinski definition) is 4. The Morgan fingerprint density at radius 1 is 0.686 bits per heavy atom. The Bertz CT molecular complexity index is 1260. The van der Waals surface area contributed by atoms with Gasteiger partial charge in [-0.3, -0.25) is 4.79 Å². The van der Waals surface area contributed by atoms with Crippen LogP contribution in [-0.2, 0) is 9.53 Å². The topological polar surface area (TPSA) is 43.4 Å². The van der Waals surface area contributed by atoms with E-state index in [1.54, 1.807) is 13.0 Å². The van der Waals surface area contributed by atoms with Crippen LogP contribution >= 0.6 is 18.6 Å². The predicted molar refractivity (Wildman–Crippen MR) is 149 cm³/mol. The number of Topliss-reactive ketones (excluding diaryl/α,β-unsaturated/α-hetero) is 1. The van der Waals surface area contributed by atoms with Gasteiger partial charge in [0, 0.05) is 10.5 Å². The van der Waals surface area contributed by atoms with Gasteiger partial charge in [-0.1, -0.05) is 103 Å². The number of carbonyl (C=O) groups is 2. The van der Waals surface area contributed by atoms with Crippen molar-refractivity contribution < 1.29 is 14.3 Å². The second-order valence-corrected chi connectivity index (χ2v) is 12.0. The molecule has 4 aromatic rings. The molecule has 0 aromatic heterocycles. The highest BCUT2D eigenvalue weighted by Crippen LogP contribution is 2.47. The van der Waals surface area contributed by atoms with E-state index in [2.05, 4.69) is 0 Å². The van der Waals surface area contributed by atoms with Crippen LogP contribution in [0.1, 0.15) is 17.3 Å². The molecule has 0 aliphatic rings. The van der Waals surface area contributed by atoms with Crippen molar-refractivity contribution in [3.05, 3.63) is 121 Å². The number of rotatable bonds is 8. The van der Waals surface area contributed by atoms with E-state index in [0.717, 1.165) is 20.8 Å². The fourth-order valence-electron chi connectivity index (χ4n) is 4.33. The number of carbonyl (C=O) groups excluding carboxylic acids is 2. The molecule has 0 atom stereocenters. The van der Waals surface area contributed by atoms with Crippen LogP contribution in [-0.4, -0.2) is 29.9 Å². The van der Waals surface area contributed by atoms with Gasteiger partial charge >= 0.3 is 5.97 Å². The summed E-state index contributed by atoms with van der Waals surface area (Å²) in [5, 5.41) is 2.96. The molecule has 4 aromatic carbocycles. The summed E-state index contributed by atoms with van der Waals surface area (Å²) < 4.78 is 5.61. The molecule has 0 unspecified atom stereocenters. The zero-order chi connectivity index (χ0) is 24.7. The third kappa shape index (κ3) is 4.77. The van der Waals surface area contributed by atoms with Crippen molar-refractivity contribution in [3.63, 3.8) is 0 Å². The van der Waals surface area contributed by atoms with Crippen molar-refractivity contribution in [2.45, 2.75) is 11.8 Å². The van der Waals surface area contributed by atoms with Crippen molar-refractivity contribution >= 4 is 51.6 Å². The van der Waals surface area contributed by atoms with Crippen molar-refractivity contribution in [2.24, 2.45) is 0 Å². The summed E-state index contributed by atoms with van der Waals surface area (Å²) in [7, 11) is 0. The van der Waals surface area contributed by atoms with Crippen molar-refractivity contribution in [1.29, 1.82) is 0 Å². The van der Waals surface area contributed by atoms with Crippen LogP contribution < -0.4 is 15.9 Å². The molecule has 0 saturated heterocycles. The quantitative estimate of drug-likeness (QED) is 0.108. The van der Waals surface area contributed by atoms with E-state index in [4.69, 9.17) is 4.74 Å². The maximum atomic E-state index is 14.5. The number of thioether (sulfide) groups is 1. The third-order valence-corrected chi connectivity index (χ3v) is 10.9. The summed E-state index contributed by atoms with van der Waals surface area (Å²) in [6.45, 7) is -0.972. The maximum absolute atomic E-state index is 14.5. The van der Waals surface area contributed by atoms with Crippen molar-refractivity contribution in [2.75, 3.05) is 12.9 Å². The Balaban J connectivity index is 2.27. The summed E-state index contributed by atoms with van der Waals surface area (Å²) in [4.78, 5) is 29.2. The molecule has 35 heavy (non-hydrogen) atoms. The maximum Gasteiger partial charge on any atom is 0.343 e. The molecule has 0 spiro atoms. The summed E-state index contributed by atoms with van der Waals surface area (Å²) in [6, 6.07) is 37.1. The Labute approximate surface area is 211 Å². The van der Waals surface area contributed by atoms with Gasteiger partial charge in [0.15, 0.2) is 0 Å². The Kier molecular flexibility index (Phi) is 8.07. The molecule has 0 heterocycles. The Morgan fingerprint density at radius 3 is 1.54 bits per heavy atom. The van der Waals surface area contributed by atoms with Gasteiger partial charge in [-0.2, -0.15) is 0 Å². The SMILES string of the molecule is CCOC(=O)C(C(=O)c1ccccc1SC)=P(c1ccccc1)(c1ccccc1)c1ccccc1. The molecule has 176 valence electrons. The fourth-order valence-corrected chi connectivity index (χ4v) is 9.22. The van der Waals surface area contributed by atoms with E-state index < -0.39 is 12.9 Å². The van der Waals surface area contributed by atoms with E-state index in [9.17, 15) is 9.59 Å². The second-order valence-electron chi connectivity index (χ2n) is 7.78. The highest BCUT2D eigenvalue weighted by molar-refractivity contribution is 7.99. The predicted octanol–water partition coefficient (Wildman–Crippen LogP) is 5.32. The molecule has 0 fully saturated rings. The average molecular weight is 499 g/mol. The van der Waals surface area contributed by atoms with E-state index in [0.29, 0.717) is 5.56 Å². The van der Waals surface area contributed by atoms with Gasteiger partial charge in [-0.05, 0) is 48.1 Å². The van der Waals surface area contributed by atoms with Gasteiger partial charge in [0.25, 0.3) is 0 Å². The molecule has 0 radical (unpaired) electrons. The number of ketones is 1. The van der Waals surface area contributed by atoms with E-state index in [-0.39, 0.29) is 17.7 Å². The monoisotopic (exact) mass is 498 g/mol. The summed E-state index contributed by atoms with van der Waals surface area (Å²) >= 11 is 1.49. The molecule has 4 rings (SSSR count). The molecule has 0 bridgehead atoms. The first-order valence-electron chi connectivity index (χ1n) is 11.4. The number of benzene rings is 4. The summed E-state index contributed by atoms with van der Waals surface area (Å²) in [5.41, 5.74) is 0.509. The molecule has 0 saturated carbocycles. The molecule has 0 amide bonds. The standard InChI is InChI=1S/C30H27O3PS/c1-3-33-30(32)29(28(31)26-21-13-14-22-27(26)35-2)34(23-15-7-4-8-16-23,24-17-9-5-10-18-24)25-19-11-6-12-20-25/h4-22H,3H2,1-2H3. The molecular weight excluding hydrogens is 471 g/mol. The molecule has 3 nitrogen and oxygen atoms in total. The first-order chi connectivity index (χ1) is 17.1. The molecule has 5 heteroatoms. The highest BCUT2D eigenvalue weighted by atomic mass is 32.2. The van der Waals surface area contributed by atoms with Crippen LogP contribution in [0.3, 0.4) is 0 Å². The van der Waals surface area contributed by atoms with Crippen LogP contribution in [0.2, 0.25) is 0 Å². The van der Waals surface area contributed by atoms with Gasteiger partial charge in [0.2, 0.25) is 5.78 Å². The van der Waals surface area contributed by atoms with Crippen LogP contribution in [0.25, 0.3) is 0 Å². The molecule has 0 aliphatic heterocycles. The minimum Gasteiger partial charge on any atom is -0.462 e. The lowest BCUT2D eigenvalue weighted by atomic mass is 10.1. The number of ether oxygens (including phenoxy) is 1.